The SMILES string of the molecule is CCOC[C@H]1CCCN1C(=O)[C@H](OCC)[C@@H](O)C=O. The Morgan fingerprint density at radius 3 is 2.79 bits per heavy atom. The van der Waals surface area contributed by atoms with E-state index in [2.05, 4.69) is 0 Å². The minimum Gasteiger partial charge on any atom is -0.382 e. The zero-order valence-corrected chi connectivity index (χ0v) is 11.6. The maximum atomic E-state index is 12.3. The molecule has 0 aromatic rings. The van der Waals surface area contributed by atoms with Crippen molar-refractivity contribution in [2.75, 3.05) is 26.4 Å². The topological polar surface area (TPSA) is 76.1 Å². The highest BCUT2D eigenvalue weighted by Gasteiger charge is 2.36. The van der Waals surface area contributed by atoms with Crippen LogP contribution in [-0.2, 0) is 19.1 Å². The molecule has 3 atom stereocenters. The lowest BCUT2D eigenvalue weighted by atomic mass is 10.1. The maximum Gasteiger partial charge on any atom is 0.255 e. The van der Waals surface area contributed by atoms with E-state index < -0.39 is 12.2 Å². The van der Waals surface area contributed by atoms with Crippen LogP contribution in [0.5, 0.6) is 0 Å². The van der Waals surface area contributed by atoms with Gasteiger partial charge in [-0.25, -0.2) is 0 Å². The first-order valence-electron chi connectivity index (χ1n) is 6.78. The van der Waals surface area contributed by atoms with Crippen LogP contribution in [0.2, 0.25) is 0 Å². The Morgan fingerprint density at radius 1 is 1.47 bits per heavy atom. The van der Waals surface area contributed by atoms with E-state index in [-0.39, 0.29) is 18.6 Å². The van der Waals surface area contributed by atoms with Crippen LogP contribution in [-0.4, -0.2) is 66.8 Å². The van der Waals surface area contributed by atoms with E-state index in [1.807, 2.05) is 6.92 Å². The molecule has 0 aliphatic carbocycles. The Bertz CT molecular complexity index is 297. The average molecular weight is 273 g/mol. The third kappa shape index (κ3) is 4.26. The van der Waals surface area contributed by atoms with Crippen molar-refractivity contribution in [3.05, 3.63) is 0 Å². The van der Waals surface area contributed by atoms with Crippen LogP contribution in [0.15, 0.2) is 0 Å². The first-order chi connectivity index (χ1) is 9.15. The summed E-state index contributed by atoms with van der Waals surface area (Å²) in [7, 11) is 0. The number of aliphatic hydroxyl groups excluding tert-OH is 1. The molecular formula is C13H23NO5. The molecule has 110 valence electrons. The van der Waals surface area contributed by atoms with Gasteiger partial charge in [-0.05, 0) is 26.7 Å². The zero-order chi connectivity index (χ0) is 14.3. The molecule has 6 heteroatoms. The molecule has 0 radical (unpaired) electrons. The summed E-state index contributed by atoms with van der Waals surface area (Å²) in [5, 5.41) is 9.57. The summed E-state index contributed by atoms with van der Waals surface area (Å²) in [6.45, 7) is 5.60. The zero-order valence-electron chi connectivity index (χ0n) is 11.6. The van der Waals surface area contributed by atoms with Crippen LogP contribution in [0.3, 0.4) is 0 Å². The third-order valence-corrected chi connectivity index (χ3v) is 3.21. The van der Waals surface area contributed by atoms with E-state index in [1.165, 1.54) is 0 Å². The van der Waals surface area contributed by atoms with Gasteiger partial charge in [-0.1, -0.05) is 0 Å². The highest BCUT2D eigenvalue weighted by molar-refractivity contribution is 5.85. The van der Waals surface area contributed by atoms with Crippen molar-refractivity contribution in [2.24, 2.45) is 0 Å². The van der Waals surface area contributed by atoms with Gasteiger partial charge in [0, 0.05) is 19.8 Å². The number of carbonyl (C=O) groups is 2. The Labute approximate surface area is 113 Å². The first-order valence-corrected chi connectivity index (χ1v) is 6.78. The van der Waals surface area contributed by atoms with Crippen molar-refractivity contribution in [3.8, 4) is 0 Å². The van der Waals surface area contributed by atoms with Gasteiger partial charge in [0.1, 0.15) is 6.10 Å². The summed E-state index contributed by atoms with van der Waals surface area (Å²) in [5.74, 6) is -0.330. The number of amides is 1. The van der Waals surface area contributed by atoms with E-state index in [0.717, 1.165) is 12.8 Å². The molecule has 0 unspecified atom stereocenters. The molecule has 0 spiro atoms. The molecule has 1 fully saturated rings. The van der Waals surface area contributed by atoms with Gasteiger partial charge in [0.05, 0.1) is 12.6 Å². The van der Waals surface area contributed by atoms with Gasteiger partial charge in [-0.2, -0.15) is 0 Å². The molecule has 1 heterocycles. The normalized spacial score (nSPS) is 22.3. The molecule has 0 saturated carbocycles. The number of likely N-dealkylation sites (tertiary alicyclic amines) is 1. The summed E-state index contributed by atoms with van der Waals surface area (Å²) in [6, 6.07) is 0.00857. The van der Waals surface area contributed by atoms with Gasteiger partial charge in [-0.15, -0.1) is 0 Å². The van der Waals surface area contributed by atoms with Crippen molar-refractivity contribution in [3.63, 3.8) is 0 Å². The fourth-order valence-corrected chi connectivity index (χ4v) is 2.28. The van der Waals surface area contributed by atoms with Crippen molar-refractivity contribution < 1.29 is 24.2 Å². The van der Waals surface area contributed by atoms with Crippen LogP contribution in [0.4, 0.5) is 0 Å². The van der Waals surface area contributed by atoms with Crippen LogP contribution >= 0.6 is 0 Å². The predicted octanol–water partition coefficient (Wildman–Crippen LogP) is -0.0212. The molecule has 0 bridgehead atoms. The monoisotopic (exact) mass is 273 g/mol. The number of carbonyl (C=O) groups excluding carboxylic acids is 2. The van der Waals surface area contributed by atoms with E-state index in [0.29, 0.717) is 26.0 Å². The summed E-state index contributed by atoms with van der Waals surface area (Å²) in [4.78, 5) is 24.7. The Balaban J connectivity index is 2.68. The number of ether oxygens (including phenoxy) is 2. The second kappa shape index (κ2) is 8.24. The molecular weight excluding hydrogens is 250 g/mol. The molecule has 1 N–H and O–H groups in total. The Morgan fingerprint density at radius 2 is 2.21 bits per heavy atom. The standard InChI is InChI=1S/C13H23NO5/c1-3-18-9-10-6-5-7-14(10)13(17)12(19-4-2)11(16)8-15/h8,10-12,16H,3-7,9H2,1-2H3/t10-,11+,12-/m1/s1. The smallest absolute Gasteiger partial charge is 0.255 e. The molecule has 6 nitrogen and oxygen atoms in total. The lowest BCUT2D eigenvalue weighted by molar-refractivity contribution is -0.155. The van der Waals surface area contributed by atoms with Gasteiger partial charge in [0.15, 0.2) is 12.4 Å². The van der Waals surface area contributed by atoms with Gasteiger partial charge in [0.2, 0.25) is 0 Å². The number of aldehydes is 1. The third-order valence-electron chi connectivity index (χ3n) is 3.21. The molecule has 1 aliphatic heterocycles. The number of aliphatic hydroxyl groups is 1. The van der Waals surface area contributed by atoms with Crippen LogP contribution in [0, 0.1) is 0 Å². The molecule has 0 aromatic carbocycles. The Hall–Kier alpha value is -0.980. The van der Waals surface area contributed by atoms with E-state index in [4.69, 9.17) is 9.47 Å². The van der Waals surface area contributed by atoms with E-state index >= 15 is 0 Å². The van der Waals surface area contributed by atoms with E-state index in [9.17, 15) is 14.7 Å². The second-order valence-electron chi connectivity index (χ2n) is 4.49. The van der Waals surface area contributed by atoms with Gasteiger partial charge < -0.3 is 24.3 Å². The maximum absolute atomic E-state index is 12.3. The van der Waals surface area contributed by atoms with Crippen molar-refractivity contribution in [2.45, 2.75) is 44.9 Å². The van der Waals surface area contributed by atoms with Crippen LogP contribution in [0.25, 0.3) is 0 Å². The van der Waals surface area contributed by atoms with Gasteiger partial charge in [0.25, 0.3) is 5.91 Å². The molecule has 0 aromatic heterocycles. The largest absolute Gasteiger partial charge is 0.382 e. The highest BCUT2D eigenvalue weighted by Crippen LogP contribution is 2.20. The summed E-state index contributed by atoms with van der Waals surface area (Å²) < 4.78 is 10.6. The summed E-state index contributed by atoms with van der Waals surface area (Å²) in [6.07, 6.45) is -0.404. The number of rotatable bonds is 8. The van der Waals surface area contributed by atoms with E-state index in [1.54, 1.807) is 11.8 Å². The fourth-order valence-electron chi connectivity index (χ4n) is 2.28. The minimum absolute atomic E-state index is 0.00857. The summed E-state index contributed by atoms with van der Waals surface area (Å²) >= 11 is 0. The van der Waals surface area contributed by atoms with Gasteiger partial charge >= 0.3 is 0 Å². The lowest BCUT2D eigenvalue weighted by Crippen LogP contribution is -2.49. The predicted molar refractivity (Wildman–Crippen MR) is 68.7 cm³/mol. The van der Waals surface area contributed by atoms with Crippen molar-refractivity contribution >= 4 is 12.2 Å². The quantitative estimate of drug-likeness (QED) is 0.629. The number of nitrogens with zero attached hydrogens (tertiary/aromatic N) is 1. The molecule has 1 amide bonds. The minimum atomic E-state index is -1.42. The van der Waals surface area contributed by atoms with Gasteiger partial charge in [-0.3, -0.25) is 4.79 Å². The van der Waals surface area contributed by atoms with Crippen molar-refractivity contribution in [1.82, 2.24) is 4.90 Å². The van der Waals surface area contributed by atoms with Crippen LogP contribution in [0.1, 0.15) is 26.7 Å². The molecule has 19 heavy (non-hydrogen) atoms. The van der Waals surface area contributed by atoms with Crippen molar-refractivity contribution in [1.29, 1.82) is 0 Å². The average Bonchev–Trinajstić information content (AvgIpc) is 2.89. The molecule has 1 rings (SSSR count). The summed E-state index contributed by atoms with van der Waals surface area (Å²) in [5.41, 5.74) is 0. The number of hydrogen-bond donors (Lipinski definition) is 1. The Kier molecular flexibility index (Phi) is 6.97. The molecule has 1 saturated heterocycles. The fraction of sp³-hybridized carbons (Fsp3) is 0.846. The lowest BCUT2D eigenvalue weighted by Gasteiger charge is -2.29. The van der Waals surface area contributed by atoms with Crippen LogP contribution < -0.4 is 0 Å². The second-order valence-corrected chi connectivity index (χ2v) is 4.49. The molecule has 1 aliphatic rings. The first kappa shape index (κ1) is 16.1. The highest BCUT2D eigenvalue weighted by atomic mass is 16.5. The number of hydrogen-bond acceptors (Lipinski definition) is 5.